The minimum Gasteiger partial charge on any atom is -0.293 e. The Morgan fingerprint density at radius 2 is 2.10 bits per heavy atom. The second-order valence-electron chi connectivity index (χ2n) is 2.31. The summed E-state index contributed by atoms with van der Waals surface area (Å²) in [5.41, 5.74) is 1.75. The van der Waals surface area contributed by atoms with Crippen LogP contribution in [-0.4, -0.2) is 30.2 Å². The highest BCUT2D eigenvalue weighted by molar-refractivity contribution is 7.82. The van der Waals surface area contributed by atoms with E-state index in [-0.39, 0.29) is 17.3 Å². The van der Waals surface area contributed by atoms with Crippen molar-refractivity contribution >= 4 is 24.3 Å². The summed E-state index contributed by atoms with van der Waals surface area (Å²) < 4.78 is 0. The van der Waals surface area contributed by atoms with Gasteiger partial charge in [-0.3, -0.25) is 4.79 Å². The lowest BCUT2D eigenvalue weighted by molar-refractivity contribution is -0.113. The molecule has 1 unspecified atom stereocenters. The van der Waals surface area contributed by atoms with E-state index in [2.05, 4.69) is 0 Å². The van der Waals surface area contributed by atoms with E-state index < -0.39 is 6.89 Å². The summed E-state index contributed by atoms with van der Waals surface area (Å²) in [5, 5.41) is 0.0440. The van der Waals surface area contributed by atoms with Crippen molar-refractivity contribution in [3.05, 3.63) is 5.31 Å². The van der Waals surface area contributed by atoms with Gasteiger partial charge in [-0.25, -0.2) is 9.59 Å². The van der Waals surface area contributed by atoms with E-state index in [1.165, 1.54) is 5.94 Å². The van der Waals surface area contributed by atoms with Crippen LogP contribution in [0, 0.1) is 0 Å². The summed E-state index contributed by atoms with van der Waals surface area (Å²) >= 11 is 0. The molecule has 1 saturated heterocycles. The topological polar surface area (TPSA) is 51.2 Å². The molecule has 0 aromatic rings. The van der Waals surface area contributed by atoms with E-state index in [0.717, 1.165) is 0 Å². The minimum absolute atomic E-state index is 0.0440. The summed E-state index contributed by atoms with van der Waals surface area (Å²) in [6.07, 6.45) is 0.209. The summed E-state index contributed by atoms with van der Waals surface area (Å²) in [5.74, 6) is 1.26. The first-order valence-electron chi connectivity index (χ1n) is 2.68. The zero-order chi connectivity index (χ0) is 7.78. The Morgan fingerprint density at radius 1 is 1.50 bits per heavy atom. The number of hydrogen-bond donors (Lipinski definition) is 0. The fourth-order valence-corrected chi connectivity index (χ4v) is 2.47. The number of ketones is 1. The van der Waals surface area contributed by atoms with Crippen molar-refractivity contribution in [2.75, 3.05) is 12.8 Å². The fraction of sp³-hybridized carbons (Fsp3) is 0.333. The maximum atomic E-state index is 10.6. The van der Waals surface area contributed by atoms with E-state index >= 15 is 0 Å². The molecule has 1 aliphatic heterocycles. The van der Waals surface area contributed by atoms with Crippen LogP contribution in [0.2, 0.25) is 0 Å². The number of rotatable bonds is 0. The monoisotopic (exact) mass is 156 g/mol. The van der Waals surface area contributed by atoms with Gasteiger partial charge in [0, 0.05) is 13.0 Å². The summed E-state index contributed by atoms with van der Waals surface area (Å²) in [4.78, 5) is 30.8. The van der Waals surface area contributed by atoms with Crippen molar-refractivity contribution in [3.8, 4) is 0 Å². The number of Topliss-reactive ketones (excluding diaryl/α,β-unsaturated/α-hetero) is 1. The zero-order valence-electron chi connectivity index (χ0n) is 5.38. The first kappa shape index (κ1) is 7.24. The molecule has 0 N–H and O–H groups in total. The second-order valence-corrected chi connectivity index (χ2v) is 5.64. The maximum absolute atomic E-state index is 10.6. The molecule has 0 aliphatic carbocycles. The molecule has 0 amide bonds. The lowest BCUT2D eigenvalue weighted by atomic mass is 10.4. The predicted molar refractivity (Wildman–Crippen MR) is 37.6 cm³/mol. The molecule has 0 spiro atoms. The molecule has 1 rings (SSSR count). The SMILES string of the molecule is CP1(=C=O)CC(=O)C1=C=O. The highest BCUT2D eigenvalue weighted by Gasteiger charge is 2.38. The van der Waals surface area contributed by atoms with Gasteiger partial charge in [0.25, 0.3) is 0 Å². The number of carbonyl (C=O) groups excluding carboxylic acids is 3. The van der Waals surface area contributed by atoms with Gasteiger partial charge in [-0.15, -0.1) is 0 Å². The largest absolute Gasteiger partial charge is 0.293 e. The minimum atomic E-state index is -2.05. The van der Waals surface area contributed by atoms with Crippen LogP contribution < -0.4 is 0 Å². The third kappa shape index (κ3) is 0.732. The smallest absolute Gasteiger partial charge is 0.180 e. The maximum Gasteiger partial charge on any atom is 0.180 e. The molecule has 0 radical (unpaired) electrons. The molecule has 0 aromatic heterocycles. The lowest BCUT2D eigenvalue weighted by Crippen LogP contribution is -2.22. The van der Waals surface area contributed by atoms with Gasteiger partial charge in [-0.1, -0.05) is 0 Å². The Hall–Kier alpha value is -0.870. The van der Waals surface area contributed by atoms with Crippen LogP contribution in [0.25, 0.3) is 0 Å². The first-order chi connectivity index (χ1) is 4.64. The molecule has 1 fully saturated rings. The third-order valence-electron chi connectivity index (χ3n) is 1.52. The van der Waals surface area contributed by atoms with Crippen molar-refractivity contribution in [1.29, 1.82) is 0 Å². The van der Waals surface area contributed by atoms with Crippen molar-refractivity contribution in [2.45, 2.75) is 0 Å². The molecule has 3 nitrogen and oxygen atoms in total. The van der Waals surface area contributed by atoms with Crippen LogP contribution in [0.4, 0.5) is 0 Å². The van der Waals surface area contributed by atoms with Crippen LogP contribution in [0.15, 0.2) is 5.31 Å². The number of carbonyl (C=O) groups is 1. The Bertz CT molecular complexity index is 316. The summed E-state index contributed by atoms with van der Waals surface area (Å²) in [6, 6.07) is 0. The highest BCUT2D eigenvalue weighted by atomic mass is 31.2. The van der Waals surface area contributed by atoms with Crippen molar-refractivity contribution in [3.63, 3.8) is 0 Å². The van der Waals surface area contributed by atoms with Crippen molar-refractivity contribution < 1.29 is 14.4 Å². The number of hydrogen-bond acceptors (Lipinski definition) is 3. The Labute approximate surface area is 57.7 Å². The van der Waals surface area contributed by atoms with Crippen molar-refractivity contribution in [1.82, 2.24) is 0 Å². The van der Waals surface area contributed by atoms with Crippen LogP contribution >= 0.6 is 6.89 Å². The van der Waals surface area contributed by atoms with Gasteiger partial charge in [0.1, 0.15) is 16.9 Å². The van der Waals surface area contributed by atoms with Gasteiger partial charge in [-0.05, 0) is 6.66 Å². The average molecular weight is 156 g/mol. The molecular weight excluding hydrogens is 151 g/mol. The van der Waals surface area contributed by atoms with Crippen LogP contribution in [0.1, 0.15) is 0 Å². The lowest BCUT2D eigenvalue weighted by Gasteiger charge is -2.24. The molecule has 10 heavy (non-hydrogen) atoms. The van der Waals surface area contributed by atoms with E-state index in [1.807, 2.05) is 0 Å². The molecule has 1 atom stereocenters. The standard InChI is InChI=1S/C6H5O3P/c1-10(4-8)3-5(9)6(10)2-7/h3H2,1H3. The van der Waals surface area contributed by atoms with Crippen LogP contribution in [0.3, 0.4) is 0 Å². The normalized spacial score (nSPS) is 30.5. The Morgan fingerprint density at radius 3 is 2.30 bits per heavy atom. The Balaban J connectivity index is 3.28. The zero-order valence-corrected chi connectivity index (χ0v) is 6.27. The Kier molecular flexibility index (Phi) is 1.50. The quantitative estimate of drug-likeness (QED) is 0.282. The third-order valence-corrected chi connectivity index (χ3v) is 4.17. The highest BCUT2D eigenvalue weighted by Crippen LogP contribution is 2.57. The van der Waals surface area contributed by atoms with Gasteiger partial charge in [0.15, 0.2) is 5.78 Å². The molecule has 0 aromatic carbocycles. The molecule has 4 heteroatoms. The summed E-state index contributed by atoms with van der Waals surface area (Å²) in [6.45, 7) is -0.439. The van der Waals surface area contributed by atoms with E-state index in [1.54, 1.807) is 12.3 Å². The molecule has 0 bridgehead atoms. The molecule has 52 valence electrons. The second kappa shape index (κ2) is 2.07. The van der Waals surface area contributed by atoms with Crippen LogP contribution in [0.5, 0.6) is 0 Å². The average Bonchev–Trinajstić information content (AvgIpc) is 1.88. The van der Waals surface area contributed by atoms with Gasteiger partial charge in [-0.2, -0.15) is 0 Å². The van der Waals surface area contributed by atoms with Crippen LogP contribution in [-0.2, 0) is 14.4 Å². The fourth-order valence-electron chi connectivity index (χ4n) is 0.861. The first-order valence-corrected chi connectivity index (χ1v) is 5.10. The molecule has 1 heterocycles. The summed E-state index contributed by atoms with van der Waals surface area (Å²) in [7, 11) is 0. The van der Waals surface area contributed by atoms with Gasteiger partial charge >= 0.3 is 0 Å². The van der Waals surface area contributed by atoms with Gasteiger partial charge in [0.05, 0.1) is 0 Å². The molecular formula is C6H5O3P. The van der Waals surface area contributed by atoms with E-state index in [9.17, 15) is 14.4 Å². The van der Waals surface area contributed by atoms with Gasteiger partial charge < -0.3 is 0 Å². The number of allylic oxidation sites excluding steroid dienone is 1. The molecule has 1 aliphatic rings. The molecule has 0 saturated carbocycles. The predicted octanol–water partition coefficient (Wildman–Crippen LogP) is -0.000800. The van der Waals surface area contributed by atoms with E-state index in [0.29, 0.717) is 0 Å². The van der Waals surface area contributed by atoms with Gasteiger partial charge in [0.2, 0.25) is 0 Å². The van der Waals surface area contributed by atoms with E-state index in [4.69, 9.17) is 0 Å². The van der Waals surface area contributed by atoms with Crippen molar-refractivity contribution in [2.24, 2.45) is 0 Å².